The predicted octanol–water partition coefficient (Wildman–Crippen LogP) is 3.44. The molecule has 0 bridgehead atoms. The van der Waals surface area contributed by atoms with Crippen molar-refractivity contribution in [3.63, 3.8) is 0 Å². The van der Waals surface area contributed by atoms with Gasteiger partial charge in [-0.05, 0) is 66.4 Å². The fraction of sp³-hybridized carbons (Fsp3) is 0.241. The Balaban J connectivity index is 1.52. The van der Waals surface area contributed by atoms with E-state index in [9.17, 15) is 14.4 Å². The van der Waals surface area contributed by atoms with Gasteiger partial charge in [0.15, 0.2) is 18.1 Å². The van der Waals surface area contributed by atoms with Gasteiger partial charge in [-0.25, -0.2) is 5.43 Å². The number of nitrogens with one attached hydrogen (secondary N) is 3. The quantitative estimate of drug-likeness (QED) is 0.186. The molecule has 0 atom stereocenters. The lowest BCUT2D eigenvalue weighted by Gasteiger charge is -2.13. The van der Waals surface area contributed by atoms with Gasteiger partial charge in [0.1, 0.15) is 5.75 Å². The summed E-state index contributed by atoms with van der Waals surface area (Å²) in [7, 11) is 1.57. The van der Waals surface area contributed by atoms with Crippen molar-refractivity contribution in [2.45, 2.75) is 26.8 Å². The first-order valence-corrected chi connectivity index (χ1v) is 12.4. The summed E-state index contributed by atoms with van der Waals surface area (Å²) < 4.78 is 16.4. The van der Waals surface area contributed by atoms with Gasteiger partial charge in [-0.3, -0.25) is 14.4 Å². The molecule has 0 spiro atoms. The van der Waals surface area contributed by atoms with Crippen LogP contribution in [0.15, 0.2) is 71.8 Å². The first kappa shape index (κ1) is 28.7. The second kappa shape index (κ2) is 14.8. The number of hydrogen-bond donors (Lipinski definition) is 3. The number of hydrogen-bond acceptors (Lipinski definition) is 7. The molecule has 0 aliphatic rings. The minimum atomic E-state index is -0.902. The summed E-state index contributed by atoms with van der Waals surface area (Å²) in [6, 6.07) is 19.7. The molecule has 0 aliphatic heterocycles. The molecule has 0 unspecified atom stereocenters. The highest BCUT2D eigenvalue weighted by atomic mass is 16.5. The maximum absolute atomic E-state index is 12.4. The van der Waals surface area contributed by atoms with E-state index in [-0.39, 0.29) is 19.1 Å². The average Bonchev–Trinajstić information content (AvgIpc) is 2.96. The average molecular weight is 533 g/mol. The largest absolute Gasteiger partial charge is 0.497 e. The zero-order valence-corrected chi connectivity index (χ0v) is 22.2. The third-order valence-electron chi connectivity index (χ3n) is 5.50. The van der Waals surface area contributed by atoms with Gasteiger partial charge >= 0.3 is 11.8 Å². The van der Waals surface area contributed by atoms with E-state index in [1.807, 2.05) is 38.1 Å². The summed E-state index contributed by atoms with van der Waals surface area (Å²) in [6.07, 6.45) is 2.17. The molecule has 3 rings (SSSR count). The molecular formula is C29H32N4O6. The molecule has 0 aromatic heterocycles. The molecule has 3 N–H and O–H groups in total. The molecule has 0 saturated carbocycles. The van der Waals surface area contributed by atoms with Gasteiger partial charge in [-0.1, -0.05) is 37.3 Å². The van der Waals surface area contributed by atoms with Crippen molar-refractivity contribution in [2.75, 3.05) is 25.6 Å². The number of nitrogens with zero attached hydrogens (tertiary/aromatic N) is 1. The van der Waals surface area contributed by atoms with Crippen LogP contribution in [0, 0.1) is 0 Å². The van der Waals surface area contributed by atoms with E-state index < -0.39 is 11.8 Å². The molecule has 10 nitrogen and oxygen atoms in total. The number of benzene rings is 3. The van der Waals surface area contributed by atoms with Crippen molar-refractivity contribution in [2.24, 2.45) is 5.10 Å². The number of carbonyl (C=O) groups is 3. The molecule has 0 fully saturated rings. The van der Waals surface area contributed by atoms with E-state index in [1.165, 1.54) is 6.21 Å². The molecule has 3 aromatic rings. The molecule has 0 saturated heterocycles. The van der Waals surface area contributed by atoms with Gasteiger partial charge in [0.25, 0.3) is 5.91 Å². The molecular weight excluding hydrogens is 500 g/mol. The summed E-state index contributed by atoms with van der Waals surface area (Å²) in [5.41, 5.74) is 5.39. The van der Waals surface area contributed by atoms with Crippen LogP contribution >= 0.6 is 0 Å². The highest BCUT2D eigenvalue weighted by molar-refractivity contribution is 6.35. The lowest BCUT2D eigenvalue weighted by atomic mass is 10.1. The van der Waals surface area contributed by atoms with Crippen molar-refractivity contribution < 1.29 is 28.6 Å². The molecule has 3 amide bonds. The number of methoxy groups -OCH3 is 1. The van der Waals surface area contributed by atoms with E-state index >= 15 is 0 Å². The number of ether oxygens (including phenoxy) is 3. The van der Waals surface area contributed by atoms with E-state index in [0.717, 1.165) is 23.2 Å². The fourth-order valence-corrected chi connectivity index (χ4v) is 3.49. The predicted molar refractivity (Wildman–Crippen MR) is 148 cm³/mol. The second-order valence-electron chi connectivity index (χ2n) is 8.22. The van der Waals surface area contributed by atoms with Crippen LogP contribution in [0.3, 0.4) is 0 Å². The normalized spacial score (nSPS) is 10.5. The van der Waals surface area contributed by atoms with Crippen LogP contribution in [0.5, 0.6) is 17.2 Å². The Labute approximate surface area is 227 Å². The van der Waals surface area contributed by atoms with Crippen molar-refractivity contribution >= 4 is 29.6 Å². The zero-order chi connectivity index (χ0) is 28.0. The lowest BCUT2D eigenvalue weighted by molar-refractivity contribution is -0.139. The number of para-hydroxylation sites is 1. The minimum absolute atomic E-state index is 0.183. The standard InChI is InChI=1S/C29H32N4O6/c1-4-22-8-6-7-9-24(22)32-27(34)19-39-25-15-12-21(16-26(25)38-5-2)18-31-33-29(36)28(35)30-17-20-10-13-23(37-3)14-11-20/h6-16,18H,4-5,17,19H2,1-3H3,(H,30,35)(H,32,34)(H,33,36)/b31-18-. The van der Waals surface area contributed by atoms with Crippen LogP contribution in [0.2, 0.25) is 0 Å². The Hall–Kier alpha value is -4.86. The van der Waals surface area contributed by atoms with E-state index in [0.29, 0.717) is 29.4 Å². The van der Waals surface area contributed by atoms with Crippen LogP contribution in [0.25, 0.3) is 0 Å². The Morgan fingerprint density at radius 3 is 2.38 bits per heavy atom. The highest BCUT2D eigenvalue weighted by Crippen LogP contribution is 2.28. The first-order valence-electron chi connectivity index (χ1n) is 12.4. The molecule has 0 heterocycles. The van der Waals surface area contributed by atoms with Gasteiger partial charge in [0, 0.05) is 12.2 Å². The maximum atomic E-state index is 12.4. The number of carbonyl (C=O) groups excluding carboxylic acids is 3. The number of rotatable bonds is 12. The first-order chi connectivity index (χ1) is 18.9. The van der Waals surface area contributed by atoms with Gasteiger partial charge in [0.05, 0.1) is 19.9 Å². The maximum Gasteiger partial charge on any atom is 0.329 e. The zero-order valence-electron chi connectivity index (χ0n) is 22.2. The number of anilines is 1. The topological polar surface area (TPSA) is 127 Å². The third-order valence-corrected chi connectivity index (χ3v) is 5.50. The Kier molecular flexibility index (Phi) is 10.9. The van der Waals surface area contributed by atoms with Crippen molar-refractivity contribution in [1.82, 2.24) is 10.7 Å². The molecule has 3 aromatic carbocycles. The van der Waals surface area contributed by atoms with Gasteiger partial charge in [-0.15, -0.1) is 0 Å². The lowest BCUT2D eigenvalue weighted by Crippen LogP contribution is -2.37. The Morgan fingerprint density at radius 2 is 1.67 bits per heavy atom. The summed E-state index contributed by atoms with van der Waals surface area (Å²) in [5.74, 6) is -0.524. The van der Waals surface area contributed by atoms with Crippen LogP contribution in [-0.2, 0) is 27.3 Å². The monoisotopic (exact) mass is 532 g/mol. The van der Waals surface area contributed by atoms with Crippen molar-refractivity contribution in [3.8, 4) is 17.2 Å². The Morgan fingerprint density at radius 1 is 0.897 bits per heavy atom. The smallest absolute Gasteiger partial charge is 0.329 e. The summed E-state index contributed by atoms with van der Waals surface area (Å²) in [4.78, 5) is 36.5. The van der Waals surface area contributed by atoms with Crippen LogP contribution in [-0.4, -0.2) is 44.3 Å². The molecule has 0 radical (unpaired) electrons. The fourth-order valence-electron chi connectivity index (χ4n) is 3.49. The van der Waals surface area contributed by atoms with E-state index in [4.69, 9.17) is 14.2 Å². The second-order valence-corrected chi connectivity index (χ2v) is 8.22. The molecule has 0 aliphatic carbocycles. The number of aryl methyl sites for hydroxylation is 1. The molecule has 204 valence electrons. The summed E-state index contributed by atoms with van der Waals surface area (Å²) >= 11 is 0. The SMILES string of the molecule is CCOc1cc(/C=N\NC(=O)C(=O)NCc2ccc(OC)cc2)ccc1OCC(=O)Nc1ccccc1CC. The van der Waals surface area contributed by atoms with Gasteiger partial charge in [-0.2, -0.15) is 5.10 Å². The summed E-state index contributed by atoms with van der Waals surface area (Å²) in [5, 5.41) is 9.24. The van der Waals surface area contributed by atoms with Gasteiger partial charge < -0.3 is 24.8 Å². The van der Waals surface area contributed by atoms with Crippen LogP contribution in [0.1, 0.15) is 30.5 Å². The minimum Gasteiger partial charge on any atom is -0.497 e. The van der Waals surface area contributed by atoms with Crippen LogP contribution < -0.4 is 30.3 Å². The van der Waals surface area contributed by atoms with Crippen LogP contribution in [0.4, 0.5) is 5.69 Å². The van der Waals surface area contributed by atoms with Crippen molar-refractivity contribution in [1.29, 1.82) is 0 Å². The molecule has 10 heteroatoms. The number of hydrazone groups is 1. The van der Waals surface area contributed by atoms with Crippen molar-refractivity contribution in [3.05, 3.63) is 83.4 Å². The molecule has 39 heavy (non-hydrogen) atoms. The highest BCUT2D eigenvalue weighted by Gasteiger charge is 2.13. The Bertz CT molecular complexity index is 1310. The summed E-state index contributed by atoms with van der Waals surface area (Å²) in [6.45, 7) is 4.20. The van der Waals surface area contributed by atoms with E-state index in [2.05, 4.69) is 21.2 Å². The van der Waals surface area contributed by atoms with E-state index in [1.54, 1.807) is 49.6 Å². The van der Waals surface area contributed by atoms with Gasteiger partial charge in [0.2, 0.25) is 0 Å². The third kappa shape index (κ3) is 8.89. The number of amides is 3.